The summed E-state index contributed by atoms with van der Waals surface area (Å²) in [6, 6.07) is 8.64. The molecule has 32 heavy (non-hydrogen) atoms. The molecule has 0 saturated carbocycles. The zero-order valence-corrected chi connectivity index (χ0v) is 20.6. The molecule has 1 amide bonds. The number of hydrogen-bond acceptors (Lipinski definition) is 7. The SMILES string of the molecule is CN(C)CCN(C(=O)COc1ccc(Cl)cc1Cl)c1nc2cc3c(cc2s1)OCCO3.Cl. The minimum Gasteiger partial charge on any atom is -0.486 e. The molecular formula is C21H22Cl3N3O4S. The van der Waals surface area contributed by atoms with Crippen LogP contribution in [0.1, 0.15) is 0 Å². The van der Waals surface area contributed by atoms with Crippen LogP contribution >= 0.6 is 46.9 Å². The first-order valence-electron chi connectivity index (χ1n) is 9.64. The number of carbonyl (C=O) groups is 1. The van der Waals surface area contributed by atoms with E-state index in [9.17, 15) is 4.79 Å². The molecule has 4 rings (SSSR count). The summed E-state index contributed by atoms with van der Waals surface area (Å²) in [5, 5.41) is 1.45. The number of fused-ring (bicyclic) bond motifs is 2. The van der Waals surface area contributed by atoms with Crippen LogP contribution in [-0.4, -0.2) is 62.8 Å². The first-order chi connectivity index (χ1) is 14.9. The first-order valence-corrected chi connectivity index (χ1v) is 11.2. The molecule has 1 aliphatic rings. The highest BCUT2D eigenvalue weighted by Gasteiger charge is 2.22. The van der Waals surface area contributed by atoms with Gasteiger partial charge in [-0.2, -0.15) is 0 Å². The highest BCUT2D eigenvalue weighted by atomic mass is 35.5. The number of aromatic nitrogens is 1. The average Bonchev–Trinajstić information content (AvgIpc) is 3.13. The summed E-state index contributed by atoms with van der Waals surface area (Å²) >= 11 is 13.5. The molecule has 2 aromatic carbocycles. The van der Waals surface area contributed by atoms with Gasteiger partial charge in [0, 0.05) is 30.2 Å². The van der Waals surface area contributed by atoms with Gasteiger partial charge in [-0.05, 0) is 32.3 Å². The van der Waals surface area contributed by atoms with Gasteiger partial charge in [0.05, 0.1) is 15.2 Å². The third-order valence-electron chi connectivity index (χ3n) is 4.59. The number of carbonyl (C=O) groups excluding carboxylic acids is 1. The number of hydrogen-bond donors (Lipinski definition) is 0. The van der Waals surface area contributed by atoms with E-state index in [0.717, 1.165) is 10.2 Å². The molecule has 2 heterocycles. The van der Waals surface area contributed by atoms with Crippen molar-refractivity contribution in [3.05, 3.63) is 40.4 Å². The smallest absolute Gasteiger partial charge is 0.266 e. The Labute approximate surface area is 206 Å². The van der Waals surface area contributed by atoms with E-state index in [1.54, 1.807) is 23.1 Å². The second kappa shape index (κ2) is 10.8. The molecule has 1 aliphatic heterocycles. The van der Waals surface area contributed by atoms with Gasteiger partial charge >= 0.3 is 0 Å². The van der Waals surface area contributed by atoms with Gasteiger partial charge in [-0.15, -0.1) is 12.4 Å². The van der Waals surface area contributed by atoms with Crippen molar-refractivity contribution >= 4 is 68.2 Å². The van der Waals surface area contributed by atoms with E-state index in [0.29, 0.717) is 58.7 Å². The Bertz CT molecular complexity index is 1070. The van der Waals surface area contributed by atoms with Gasteiger partial charge in [0.25, 0.3) is 5.91 Å². The highest BCUT2D eigenvalue weighted by Crippen LogP contribution is 2.39. The Morgan fingerprint density at radius 1 is 1.12 bits per heavy atom. The number of thiazole rings is 1. The number of anilines is 1. The van der Waals surface area contributed by atoms with Gasteiger partial charge in [0.15, 0.2) is 23.2 Å². The van der Waals surface area contributed by atoms with Crippen molar-refractivity contribution in [1.29, 1.82) is 0 Å². The molecule has 7 nitrogen and oxygen atoms in total. The normalized spacial score (nSPS) is 12.5. The Hall–Kier alpha value is -1.97. The fourth-order valence-electron chi connectivity index (χ4n) is 3.00. The predicted octanol–water partition coefficient (Wildman–Crippen LogP) is 4.77. The molecule has 11 heteroatoms. The predicted molar refractivity (Wildman–Crippen MR) is 131 cm³/mol. The van der Waals surface area contributed by atoms with Crippen LogP contribution in [0.3, 0.4) is 0 Å². The van der Waals surface area contributed by atoms with E-state index in [-0.39, 0.29) is 24.9 Å². The standard InChI is InChI=1S/C21H21Cl2N3O4S.ClH/c1-25(2)5-6-26(20(27)12-30-16-4-3-13(22)9-14(16)23)21-24-15-10-17-18(11-19(15)31-21)29-8-7-28-17;/h3-4,9-11H,5-8,12H2,1-2H3;1H. The van der Waals surface area contributed by atoms with Crippen molar-refractivity contribution in [3.8, 4) is 17.2 Å². The Morgan fingerprint density at radius 3 is 2.53 bits per heavy atom. The van der Waals surface area contributed by atoms with Gasteiger partial charge in [0.1, 0.15) is 19.0 Å². The number of amides is 1. The largest absolute Gasteiger partial charge is 0.486 e. The number of likely N-dealkylation sites (N-methyl/N-ethyl adjacent to an activating group) is 1. The minimum atomic E-state index is -0.218. The van der Waals surface area contributed by atoms with Crippen LogP contribution < -0.4 is 19.1 Å². The molecule has 0 aliphatic carbocycles. The fourth-order valence-corrected chi connectivity index (χ4v) is 4.49. The quantitative estimate of drug-likeness (QED) is 0.449. The lowest BCUT2D eigenvalue weighted by atomic mass is 10.3. The third kappa shape index (κ3) is 5.68. The maximum atomic E-state index is 13.1. The highest BCUT2D eigenvalue weighted by molar-refractivity contribution is 7.22. The maximum absolute atomic E-state index is 13.1. The van der Waals surface area contributed by atoms with Crippen LogP contribution in [0.2, 0.25) is 10.0 Å². The van der Waals surface area contributed by atoms with Crippen LogP contribution in [0.25, 0.3) is 10.2 Å². The molecular weight excluding hydrogens is 497 g/mol. The van der Waals surface area contributed by atoms with E-state index >= 15 is 0 Å². The average molecular weight is 519 g/mol. The lowest BCUT2D eigenvalue weighted by Crippen LogP contribution is -2.39. The summed E-state index contributed by atoms with van der Waals surface area (Å²) in [7, 11) is 3.90. The van der Waals surface area contributed by atoms with Crippen molar-refractivity contribution in [2.75, 3.05) is 51.9 Å². The molecule has 0 unspecified atom stereocenters. The molecule has 1 aromatic heterocycles. The van der Waals surface area contributed by atoms with Gasteiger partial charge in [-0.3, -0.25) is 9.69 Å². The van der Waals surface area contributed by atoms with Gasteiger partial charge in [-0.25, -0.2) is 4.98 Å². The van der Waals surface area contributed by atoms with Crippen molar-refractivity contribution in [2.24, 2.45) is 0 Å². The van der Waals surface area contributed by atoms with E-state index in [1.165, 1.54) is 11.3 Å². The van der Waals surface area contributed by atoms with Gasteiger partial charge in [0.2, 0.25) is 0 Å². The van der Waals surface area contributed by atoms with E-state index in [1.807, 2.05) is 31.1 Å². The Balaban J connectivity index is 0.00000289. The zero-order chi connectivity index (χ0) is 22.0. The van der Waals surface area contributed by atoms with E-state index < -0.39 is 0 Å². The molecule has 0 spiro atoms. The summed E-state index contributed by atoms with van der Waals surface area (Å²) in [4.78, 5) is 21.4. The summed E-state index contributed by atoms with van der Waals surface area (Å²) < 4.78 is 17.9. The molecule has 0 bridgehead atoms. The van der Waals surface area contributed by atoms with Gasteiger partial charge in [-0.1, -0.05) is 34.5 Å². The van der Waals surface area contributed by atoms with Crippen molar-refractivity contribution in [1.82, 2.24) is 9.88 Å². The van der Waals surface area contributed by atoms with Crippen LogP contribution in [-0.2, 0) is 4.79 Å². The molecule has 0 fully saturated rings. The second-order valence-electron chi connectivity index (χ2n) is 7.17. The number of halogens is 3. The third-order valence-corrected chi connectivity index (χ3v) is 6.16. The lowest BCUT2D eigenvalue weighted by molar-refractivity contribution is -0.120. The molecule has 0 atom stereocenters. The maximum Gasteiger partial charge on any atom is 0.266 e. The van der Waals surface area contributed by atoms with E-state index in [2.05, 4.69) is 4.98 Å². The Morgan fingerprint density at radius 2 is 1.84 bits per heavy atom. The summed E-state index contributed by atoms with van der Waals surface area (Å²) in [5.41, 5.74) is 0.758. The second-order valence-corrected chi connectivity index (χ2v) is 9.02. The van der Waals surface area contributed by atoms with Crippen molar-refractivity contribution < 1.29 is 19.0 Å². The number of ether oxygens (including phenoxy) is 3. The fraction of sp³-hybridized carbons (Fsp3) is 0.333. The van der Waals surface area contributed by atoms with Crippen LogP contribution in [0.4, 0.5) is 5.13 Å². The molecule has 0 N–H and O–H groups in total. The topological polar surface area (TPSA) is 64.1 Å². The summed E-state index contributed by atoms with van der Waals surface area (Å²) in [6.07, 6.45) is 0. The number of rotatable bonds is 7. The van der Waals surface area contributed by atoms with Crippen LogP contribution in [0.15, 0.2) is 30.3 Å². The van der Waals surface area contributed by atoms with E-state index in [4.69, 9.17) is 37.4 Å². The lowest BCUT2D eigenvalue weighted by Gasteiger charge is -2.22. The Kier molecular flexibility index (Phi) is 8.30. The van der Waals surface area contributed by atoms with Gasteiger partial charge < -0.3 is 19.1 Å². The van der Waals surface area contributed by atoms with Crippen molar-refractivity contribution in [2.45, 2.75) is 0 Å². The van der Waals surface area contributed by atoms with Crippen molar-refractivity contribution in [3.63, 3.8) is 0 Å². The van der Waals surface area contributed by atoms with Crippen LogP contribution in [0.5, 0.6) is 17.2 Å². The number of nitrogens with zero attached hydrogens (tertiary/aromatic N) is 3. The minimum absolute atomic E-state index is 0. The summed E-state index contributed by atoms with van der Waals surface area (Å²) in [6.45, 7) is 1.99. The van der Waals surface area contributed by atoms with Crippen LogP contribution in [0, 0.1) is 0 Å². The first kappa shape index (κ1) is 24.7. The summed E-state index contributed by atoms with van der Waals surface area (Å²) in [5.74, 6) is 1.55. The molecule has 0 saturated heterocycles. The molecule has 3 aromatic rings. The number of benzene rings is 2. The molecule has 0 radical (unpaired) electrons. The molecule has 172 valence electrons. The monoisotopic (exact) mass is 517 g/mol. The zero-order valence-electron chi connectivity index (χ0n) is 17.5.